The summed E-state index contributed by atoms with van der Waals surface area (Å²) in [7, 11) is 0. The van der Waals surface area contributed by atoms with E-state index in [0.717, 1.165) is 30.5 Å². The third-order valence-corrected chi connectivity index (χ3v) is 5.25. The Kier molecular flexibility index (Phi) is 3.36. The summed E-state index contributed by atoms with van der Waals surface area (Å²) in [5, 5.41) is 3.50. The normalized spacial score (nSPS) is 26.3. The van der Waals surface area contributed by atoms with Crippen LogP contribution in [0.25, 0.3) is 0 Å². The highest BCUT2D eigenvalue weighted by molar-refractivity contribution is 5.59. The molecule has 0 spiro atoms. The zero-order chi connectivity index (χ0) is 16.0. The van der Waals surface area contributed by atoms with E-state index in [4.69, 9.17) is 0 Å². The van der Waals surface area contributed by atoms with Gasteiger partial charge in [0.2, 0.25) is 0 Å². The van der Waals surface area contributed by atoms with Gasteiger partial charge in [0.25, 0.3) is 0 Å². The first-order valence-corrected chi connectivity index (χ1v) is 8.06. The molecule has 0 saturated heterocycles. The Balaban J connectivity index is 1.77. The van der Waals surface area contributed by atoms with Crippen LogP contribution >= 0.6 is 0 Å². The lowest BCUT2D eigenvalue weighted by molar-refractivity contribution is -0.137. The summed E-state index contributed by atoms with van der Waals surface area (Å²) in [6.45, 7) is 0. The second-order valence-electron chi connectivity index (χ2n) is 6.53. The SMILES string of the molecule is FC(F)(F)c1ccc2c(c1)C1CCC[C@H]1[C@H](c1ccccc1)N2. The summed E-state index contributed by atoms with van der Waals surface area (Å²) in [5.41, 5.74) is 2.38. The second-order valence-corrected chi connectivity index (χ2v) is 6.53. The Morgan fingerprint density at radius 1 is 0.957 bits per heavy atom. The van der Waals surface area contributed by atoms with Gasteiger partial charge >= 0.3 is 6.18 Å². The van der Waals surface area contributed by atoms with Gasteiger partial charge in [0.1, 0.15) is 0 Å². The molecule has 0 radical (unpaired) electrons. The maximum absolute atomic E-state index is 13.0. The van der Waals surface area contributed by atoms with Gasteiger partial charge in [0, 0.05) is 5.69 Å². The molecular weight excluding hydrogens is 299 g/mol. The molecule has 2 aliphatic rings. The maximum Gasteiger partial charge on any atom is 0.416 e. The van der Waals surface area contributed by atoms with Crippen LogP contribution < -0.4 is 5.32 Å². The van der Waals surface area contributed by atoms with E-state index in [2.05, 4.69) is 17.4 Å². The van der Waals surface area contributed by atoms with Gasteiger partial charge in [-0.1, -0.05) is 36.8 Å². The second kappa shape index (κ2) is 5.29. The third kappa shape index (κ3) is 2.50. The molecule has 1 aliphatic heterocycles. The van der Waals surface area contributed by atoms with E-state index in [1.165, 1.54) is 17.7 Å². The van der Waals surface area contributed by atoms with Gasteiger partial charge in [0.15, 0.2) is 0 Å². The Hall–Kier alpha value is -1.97. The van der Waals surface area contributed by atoms with Gasteiger partial charge in [-0.2, -0.15) is 13.2 Å². The lowest BCUT2D eigenvalue weighted by Gasteiger charge is -2.38. The van der Waals surface area contributed by atoms with Crippen molar-refractivity contribution in [2.75, 3.05) is 5.32 Å². The highest BCUT2D eigenvalue weighted by Gasteiger charge is 2.41. The first kappa shape index (κ1) is 14.6. The van der Waals surface area contributed by atoms with Gasteiger partial charge in [-0.05, 0) is 54.0 Å². The van der Waals surface area contributed by atoms with Crippen LogP contribution in [0.4, 0.5) is 18.9 Å². The van der Waals surface area contributed by atoms with Crippen molar-refractivity contribution in [2.24, 2.45) is 5.92 Å². The molecule has 2 aromatic rings. The van der Waals surface area contributed by atoms with Crippen LogP contribution in [0.3, 0.4) is 0 Å². The predicted molar refractivity (Wildman–Crippen MR) is 84.3 cm³/mol. The molecular formula is C19H18F3N. The van der Waals surface area contributed by atoms with Gasteiger partial charge in [-0.25, -0.2) is 0 Å². The molecule has 1 N–H and O–H groups in total. The fraction of sp³-hybridized carbons (Fsp3) is 0.368. The van der Waals surface area contributed by atoms with E-state index >= 15 is 0 Å². The maximum atomic E-state index is 13.0. The quantitative estimate of drug-likeness (QED) is 0.705. The smallest absolute Gasteiger partial charge is 0.378 e. The third-order valence-electron chi connectivity index (χ3n) is 5.25. The van der Waals surface area contributed by atoms with Crippen molar-refractivity contribution in [2.45, 2.75) is 37.4 Å². The Bertz CT molecular complexity index is 708. The summed E-state index contributed by atoms with van der Waals surface area (Å²) in [4.78, 5) is 0. The summed E-state index contributed by atoms with van der Waals surface area (Å²) in [6.07, 6.45) is -1.16. The molecule has 2 aromatic carbocycles. The van der Waals surface area contributed by atoms with Crippen molar-refractivity contribution >= 4 is 5.69 Å². The minimum absolute atomic E-state index is 0.188. The molecule has 1 saturated carbocycles. The van der Waals surface area contributed by atoms with E-state index in [9.17, 15) is 13.2 Å². The van der Waals surface area contributed by atoms with Crippen molar-refractivity contribution < 1.29 is 13.2 Å². The summed E-state index contributed by atoms with van der Waals surface area (Å²) in [5.74, 6) is 0.590. The minimum Gasteiger partial charge on any atom is -0.378 e. The van der Waals surface area contributed by atoms with Gasteiger partial charge in [-0.3, -0.25) is 0 Å². The number of alkyl halides is 3. The number of fused-ring (bicyclic) bond motifs is 3. The number of nitrogens with one attached hydrogen (secondary N) is 1. The lowest BCUT2D eigenvalue weighted by atomic mass is 9.77. The van der Waals surface area contributed by atoms with Crippen LogP contribution in [0.2, 0.25) is 0 Å². The Morgan fingerprint density at radius 2 is 1.74 bits per heavy atom. The number of benzene rings is 2. The monoisotopic (exact) mass is 317 g/mol. The summed E-state index contributed by atoms with van der Waals surface area (Å²) < 4.78 is 39.1. The van der Waals surface area contributed by atoms with Crippen LogP contribution in [-0.4, -0.2) is 0 Å². The van der Waals surface area contributed by atoms with Crippen molar-refractivity contribution in [1.82, 2.24) is 0 Å². The van der Waals surface area contributed by atoms with E-state index in [1.54, 1.807) is 6.07 Å². The van der Waals surface area contributed by atoms with Crippen molar-refractivity contribution in [3.05, 3.63) is 65.2 Å². The van der Waals surface area contributed by atoms with Gasteiger partial charge in [-0.15, -0.1) is 0 Å². The highest BCUT2D eigenvalue weighted by Crippen LogP contribution is 2.53. The number of anilines is 1. The molecule has 3 atom stereocenters. The van der Waals surface area contributed by atoms with Gasteiger partial charge < -0.3 is 5.32 Å². The topological polar surface area (TPSA) is 12.0 Å². The fourth-order valence-corrected chi connectivity index (χ4v) is 4.22. The fourth-order valence-electron chi connectivity index (χ4n) is 4.22. The average molecular weight is 317 g/mol. The molecule has 1 aliphatic carbocycles. The number of hydrogen-bond donors (Lipinski definition) is 1. The Morgan fingerprint density at radius 3 is 2.48 bits per heavy atom. The highest BCUT2D eigenvalue weighted by atomic mass is 19.4. The van der Waals surface area contributed by atoms with E-state index in [-0.39, 0.29) is 12.0 Å². The largest absolute Gasteiger partial charge is 0.416 e. The lowest BCUT2D eigenvalue weighted by Crippen LogP contribution is -2.29. The Labute approximate surface area is 133 Å². The molecule has 1 fully saturated rings. The van der Waals surface area contributed by atoms with Crippen LogP contribution in [0, 0.1) is 5.92 Å². The minimum atomic E-state index is -4.28. The number of halogens is 3. The number of rotatable bonds is 1. The van der Waals surface area contributed by atoms with Crippen molar-refractivity contribution in [1.29, 1.82) is 0 Å². The molecule has 120 valence electrons. The van der Waals surface area contributed by atoms with Crippen molar-refractivity contribution in [3.8, 4) is 0 Å². The molecule has 0 amide bonds. The van der Waals surface area contributed by atoms with Crippen LogP contribution in [0.5, 0.6) is 0 Å². The molecule has 4 heteroatoms. The van der Waals surface area contributed by atoms with Crippen LogP contribution in [-0.2, 0) is 6.18 Å². The van der Waals surface area contributed by atoms with Crippen LogP contribution in [0.1, 0.15) is 47.9 Å². The average Bonchev–Trinajstić information content (AvgIpc) is 3.03. The molecule has 23 heavy (non-hydrogen) atoms. The van der Waals surface area contributed by atoms with E-state index in [1.807, 2.05) is 18.2 Å². The van der Waals surface area contributed by atoms with Crippen LogP contribution in [0.15, 0.2) is 48.5 Å². The molecule has 1 unspecified atom stereocenters. The summed E-state index contributed by atoms with van der Waals surface area (Å²) in [6, 6.07) is 14.5. The molecule has 4 rings (SSSR count). The number of hydrogen-bond acceptors (Lipinski definition) is 1. The molecule has 0 aromatic heterocycles. The first-order valence-electron chi connectivity index (χ1n) is 8.06. The summed E-state index contributed by atoms with van der Waals surface area (Å²) >= 11 is 0. The van der Waals surface area contributed by atoms with E-state index in [0.29, 0.717) is 5.92 Å². The van der Waals surface area contributed by atoms with E-state index < -0.39 is 11.7 Å². The molecule has 1 heterocycles. The first-order chi connectivity index (χ1) is 11.0. The standard InChI is InChI=1S/C19H18F3N/c20-19(21,22)13-9-10-17-16(11-13)14-7-4-8-15(14)18(23-17)12-5-2-1-3-6-12/h1-3,5-6,9-11,14-15,18,23H,4,7-8H2/t14?,15-,18+/m1/s1. The molecule has 1 nitrogen and oxygen atoms in total. The molecule has 0 bridgehead atoms. The van der Waals surface area contributed by atoms with Gasteiger partial charge in [0.05, 0.1) is 11.6 Å². The zero-order valence-corrected chi connectivity index (χ0v) is 12.6. The predicted octanol–water partition coefficient (Wildman–Crippen LogP) is 5.76. The zero-order valence-electron chi connectivity index (χ0n) is 12.6. The van der Waals surface area contributed by atoms with Crippen molar-refractivity contribution in [3.63, 3.8) is 0 Å².